The minimum Gasteiger partial charge on any atom is -0.464 e. The lowest BCUT2D eigenvalue weighted by Gasteiger charge is -2.21. The molecule has 6 nitrogen and oxygen atoms in total. The molecule has 0 fully saturated rings. The molecule has 0 aromatic carbocycles. The molecule has 0 aliphatic heterocycles. The molecule has 9 heteroatoms. The molecule has 0 N–H and O–H groups in total. The summed E-state index contributed by atoms with van der Waals surface area (Å²) in [7, 11) is 1.16. The SMILES string of the molecule is COC(=O)c1c(C)cc(-c2ccc(C(F)(F)F)cn2)n1C(=O)OC(C)(C)C. The van der Waals surface area contributed by atoms with Crippen LogP contribution in [-0.2, 0) is 15.7 Å². The van der Waals surface area contributed by atoms with Crippen molar-refractivity contribution in [3.8, 4) is 11.4 Å². The van der Waals surface area contributed by atoms with Crippen LogP contribution in [0.5, 0.6) is 0 Å². The number of hydrogen-bond acceptors (Lipinski definition) is 5. The Bertz CT molecular complexity index is 862. The molecule has 27 heavy (non-hydrogen) atoms. The largest absolute Gasteiger partial charge is 0.464 e. The Kier molecular flexibility index (Phi) is 5.35. The second kappa shape index (κ2) is 7.05. The predicted molar refractivity (Wildman–Crippen MR) is 90.4 cm³/mol. The second-order valence-corrected chi connectivity index (χ2v) is 6.80. The van der Waals surface area contributed by atoms with Gasteiger partial charge in [0.25, 0.3) is 0 Å². The number of carbonyl (C=O) groups is 2. The zero-order valence-electron chi connectivity index (χ0n) is 15.5. The first-order valence-electron chi connectivity index (χ1n) is 7.93. The summed E-state index contributed by atoms with van der Waals surface area (Å²) in [5.41, 5.74) is -1.27. The van der Waals surface area contributed by atoms with E-state index in [-0.39, 0.29) is 17.1 Å². The minimum absolute atomic E-state index is 0.0760. The van der Waals surface area contributed by atoms with Crippen LogP contribution in [0.1, 0.15) is 42.4 Å². The molecular weight excluding hydrogens is 365 g/mol. The molecule has 0 aliphatic carbocycles. The summed E-state index contributed by atoms with van der Waals surface area (Å²) in [5, 5.41) is 0. The number of esters is 1. The maximum atomic E-state index is 12.8. The van der Waals surface area contributed by atoms with Crippen LogP contribution in [0, 0.1) is 6.92 Å². The summed E-state index contributed by atoms with van der Waals surface area (Å²) in [6.45, 7) is 6.51. The van der Waals surface area contributed by atoms with Crippen molar-refractivity contribution >= 4 is 12.1 Å². The van der Waals surface area contributed by atoms with Crippen molar-refractivity contribution < 1.29 is 32.2 Å². The summed E-state index contributed by atoms with van der Waals surface area (Å²) in [4.78, 5) is 28.6. The van der Waals surface area contributed by atoms with Crippen LogP contribution in [0.25, 0.3) is 11.4 Å². The summed E-state index contributed by atoms with van der Waals surface area (Å²) < 4.78 is 49.3. The van der Waals surface area contributed by atoms with Gasteiger partial charge < -0.3 is 9.47 Å². The van der Waals surface area contributed by atoms with Crippen molar-refractivity contribution in [2.45, 2.75) is 39.5 Å². The minimum atomic E-state index is -4.54. The van der Waals surface area contributed by atoms with E-state index in [4.69, 9.17) is 9.47 Å². The monoisotopic (exact) mass is 384 g/mol. The van der Waals surface area contributed by atoms with Gasteiger partial charge in [-0.15, -0.1) is 0 Å². The number of ether oxygens (including phenoxy) is 2. The zero-order valence-corrected chi connectivity index (χ0v) is 15.5. The molecule has 146 valence electrons. The second-order valence-electron chi connectivity index (χ2n) is 6.80. The van der Waals surface area contributed by atoms with Crippen molar-refractivity contribution in [2.75, 3.05) is 7.11 Å². The van der Waals surface area contributed by atoms with Gasteiger partial charge in [-0.05, 0) is 51.5 Å². The Morgan fingerprint density at radius 3 is 2.22 bits per heavy atom. The van der Waals surface area contributed by atoms with Crippen LogP contribution in [0.4, 0.5) is 18.0 Å². The van der Waals surface area contributed by atoms with E-state index >= 15 is 0 Å². The first kappa shape index (κ1) is 20.5. The van der Waals surface area contributed by atoms with E-state index in [2.05, 4.69) is 4.98 Å². The molecule has 0 amide bonds. The summed E-state index contributed by atoms with van der Waals surface area (Å²) >= 11 is 0. The molecule has 0 atom stereocenters. The molecular formula is C18H19F3N2O4. The number of aryl methyl sites for hydroxylation is 1. The van der Waals surface area contributed by atoms with Crippen LogP contribution in [0.3, 0.4) is 0 Å². The smallest absolute Gasteiger partial charge is 0.419 e. The van der Waals surface area contributed by atoms with Crippen molar-refractivity contribution in [2.24, 2.45) is 0 Å². The van der Waals surface area contributed by atoms with Crippen molar-refractivity contribution in [1.29, 1.82) is 0 Å². The summed E-state index contributed by atoms with van der Waals surface area (Å²) in [6, 6.07) is 3.44. The Balaban J connectivity index is 2.62. The highest BCUT2D eigenvalue weighted by atomic mass is 19.4. The van der Waals surface area contributed by atoms with Gasteiger partial charge in [-0.25, -0.2) is 14.2 Å². The van der Waals surface area contributed by atoms with E-state index < -0.39 is 29.4 Å². The molecule has 2 rings (SSSR count). The van der Waals surface area contributed by atoms with Crippen molar-refractivity contribution in [3.05, 3.63) is 41.2 Å². The van der Waals surface area contributed by atoms with Gasteiger partial charge in [-0.3, -0.25) is 4.98 Å². The molecule has 0 radical (unpaired) electrons. The highest BCUT2D eigenvalue weighted by molar-refractivity contribution is 5.96. The average Bonchev–Trinajstić information content (AvgIpc) is 2.89. The van der Waals surface area contributed by atoms with E-state index in [0.717, 1.165) is 23.8 Å². The zero-order chi connectivity index (χ0) is 20.6. The predicted octanol–water partition coefficient (Wildman–Crippen LogP) is 4.45. The number of carbonyl (C=O) groups excluding carboxylic acids is 2. The lowest BCUT2D eigenvalue weighted by Crippen LogP contribution is -2.29. The fourth-order valence-corrected chi connectivity index (χ4v) is 2.38. The van der Waals surface area contributed by atoms with Gasteiger partial charge in [0.1, 0.15) is 11.3 Å². The number of pyridine rings is 1. The normalized spacial score (nSPS) is 12.0. The number of hydrogen-bond donors (Lipinski definition) is 0. The van der Waals surface area contributed by atoms with Crippen LogP contribution in [0.2, 0.25) is 0 Å². The number of halogens is 3. The summed E-state index contributed by atoms with van der Waals surface area (Å²) in [5.74, 6) is -0.781. The number of methoxy groups -OCH3 is 1. The molecule has 2 aromatic rings. The van der Waals surface area contributed by atoms with Gasteiger partial charge in [0.2, 0.25) is 0 Å². The van der Waals surface area contributed by atoms with Gasteiger partial charge in [-0.1, -0.05) is 0 Å². The molecule has 2 heterocycles. The Morgan fingerprint density at radius 2 is 1.78 bits per heavy atom. The van der Waals surface area contributed by atoms with Crippen LogP contribution in [-0.4, -0.2) is 34.3 Å². The lowest BCUT2D eigenvalue weighted by molar-refractivity contribution is -0.137. The average molecular weight is 384 g/mol. The Morgan fingerprint density at radius 1 is 1.15 bits per heavy atom. The fraction of sp³-hybridized carbons (Fsp3) is 0.389. The topological polar surface area (TPSA) is 70.4 Å². The third-order valence-electron chi connectivity index (χ3n) is 3.50. The van der Waals surface area contributed by atoms with Gasteiger partial charge in [0.05, 0.1) is 24.1 Å². The maximum Gasteiger partial charge on any atom is 0.419 e. The van der Waals surface area contributed by atoms with Gasteiger partial charge in [0, 0.05) is 6.20 Å². The quantitative estimate of drug-likeness (QED) is 0.716. The molecule has 0 saturated carbocycles. The van der Waals surface area contributed by atoms with E-state index in [1.165, 1.54) is 6.07 Å². The third-order valence-corrected chi connectivity index (χ3v) is 3.50. The van der Waals surface area contributed by atoms with Gasteiger partial charge >= 0.3 is 18.2 Å². The van der Waals surface area contributed by atoms with Crippen molar-refractivity contribution in [1.82, 2.24) is 9.55 Å². The molecule has 0 spiro atoms. The Hall–Kier alpha value is -2.84. The Labute approximate surface area is 153 Å². The molecule has 0 bridgehead atoms. The highest BCUT2D eigenvalue weighted by Gasteiger charge is 2.32. The van der Waals surface area contributed by atoms with Crippen LogP contribution < -0.4 is 0 Å². The maximum absolute atomic E-state index is 12.8. The molecule has 0 aliphatic rings. The number of rotatable bonds is 2. The first-order valence-corrected chi connectivity index (χ1v) is 7.93. The number of nitrogens with zero attached hydrogens (tertiary/aromatic N) is 2. The first-order chi connectivity index (χ1) is 12.3. The molecule has 0 unspecified atom stereocenters. The number of aromatic nitrogens is 2. The lowest BCUT2D eigenvalue weighted by atomic mass is 10.2. The van der Waals surface area contributed by atoms with E-state index in [9.17, 15) is 22.8 Å². The summed E-state index contributed by atoms with van der Waals surface area (Å²) in [6.07, 6.45) is -4.74. The van der Waals surface area contributed by atoms with Crippen molar-refractivity contribution in [3.63, 3.8) is 0 Å². The third kappa shape index (κ3) is 4.47. The fourth-order valence-electron chi connectivity index (χ4n) is 2.38. The molecule has 0 saturated heterocycles. The van der Waals surface area contributed by atoms with Gasteiger partial charge in [0.15, 0.2) is 0 Å². The molecule has 2 aromatic heterocycles. The van der Waals surface area contributed by atoms with Crippen LogP contribution >= 0.6 is 0 Å². The van der Waals surface area contributed by atoms with E-state index in [1.807, 2.05) is 0 Å². The van der Waals surface area contributed by atoms with E-state index in [1.54, 1.807) is 27.7 Å². The van der Waals surface area contributed by atoms with Crippen LogP contribution in [0.15, 0.2) is 24.4 Å². The highest BCUT2D eigenvalue weighted by Crippen LogP contribution is 2.31. The van der Waals surface area contributed by atoms with E-state index in [0.29, 0.717) is 11.8 Å². The van der Waals surface area contributed by atoms with Gasteiger partial charge in [-0.2, -0.15) is 13.2 Å². The number of alkyl halides is 3. The standard InChI is InChI=1S/C18H19F3N2O4/c1-10-8-13(12-7-6-11(9-22-12)18(19,20)21)23(14(10)15(24)26-5)16(25)27-17(2,3)4/h6-9H,1-5H3.